The maximum atomic E-state index is 12.8. The van der Waals surface area contributed by atoms with E-state index in [4.69, 9.17) is 16.0 Å². The third-order valence-electron chi connectivity index (χ3n) is 3.64. The molecule has 4 aromatic rings. The molecule has 0 unspecified atom stereocenters. The molecule has 0 aliphatic carbocycles. The Morgan fingerprint density at radius 1 is 1.22 bits per heavy atom. The minimum atomic E-state index is -0.357. The quantitative estimate of drug-likeness (QED) is 0.421. The molecule has 0 radical (unpaired) electrons. The molecular formula is C19H11BrClN3O2S. The molecule has 0 atom stereocenters. The van der Waals surface area contributed by atoms with E-state index in [-0.39, 0.29) is 11.5 Å². The molecule has 2 aromatic heterocycles. The van der Waals surface area contributed by atoms with Gasteiger partial charge >= 0.3 is 0 Å². The van der Waals surface area contributed by atoms with E-state index in [0.29, 0.717) is 32.4 Å². The molecule has 5 nitrogen and oxygen atoms in total. The average molecular weight is 461 g/mol. The van der Waals surface area contributed by atoms with Crippen molar-refractivity contribution in [2.75, 3.05) is 5.32 Å². The van der Waals surface area contributed by atoms with Crippen LogP contribution in [0.15, 0.2) is 74.0 Å². The van der Waals surface area contributed by atoms with E-state index in [9.17, 15) is 4.79 Å². The zero-order valence-electron chi connectivity index (χ0n) is 13.6. The lowest BCUT2D eigenvalue weighted by Crippen LogP contribution is -2.21. The SMILES string of the molecule is O=C(Nc1nccs1)c1cc2cc(Cl)ccc2oc1=Nc1cccc(Br)c1. The monoisotopic (exact) mass is 459 g/mol. The van der Waals surface area contributed by atoms with Gasteiger partial charge in [-0.1, -0.05) is 33.6 Å². The summed E-state index contributed by atoms with van der Waals surface area (Å²) in [4.78, 5) is 21.4. The molecule has 0 spiro atoms. The van der Waals surface area contributed by atoms with Gasteiger partial charge in [0.25, 0.3) is 5.91 Å². The van der Waals surface area contributed by atoms with E-state index >= 15 is 0 Å². The summed E-state index contributed by atoms with van der Waals surface area (Å²) in [6.07, 6.45) is 1.62. The third-order valence-corrected chi connectivity index (χ3v) is 5.06. The molecule has 1 amide bonds. The average Bonchev–Trinajstić information content (AvgIpc) is 3.14. The predicted octanol–water partition coefficient (Wildman–Crippen LogP) is 5.79. The Bertz CT molecular complexity index is 1210. The number of carbonyl (C=O) groups is 1. The molecule has 0 bridgehead atoms. The van der Waals surface area contributed by atoms with Gasteiger partial charge in [-0.3, -0.25) is 10.1 Å². The number of thiazole rings is 1. The normalized spacial score (nSPS) is 11.7. The predicted molar refractivity (Wildman–Crippen MR) is 111 cm³/mol. The van der Waals surface area contributed by atoms with E-state index < -0.39 is 0 Å². The lowest BCUT2D eigenvalue weighted by Gasteiger charge is -2.05. The van der Waals surface area contributed by atoms with Crippen LogP contribution in [0, 0.1) is 0 Å². The van der Waals surface area contributed by atoms with Crippen LogP contribution in [-0.4, -0.2) is 10.9 Å². The Hall–Kier alpha value is -2.48. The summed E-state index contributed by atoms with van der Waals surface area (Å²) < 4.78 is 6.79. The molecule has 0 aliphatic heterocycles. The van der Waals surface area contributed by atoms with Gasteiger partial charge in [0.15, 0.2) is 5.13 Å². The molecule has 1 N–H and O–H groups in total. The molecule has 0 aliphatic rings. The van der Waals surface area contributed by atoms with Crippen LogP contribution in [0.3, 0.4) is 0 Å². The van der Waals surface area contributed by atoms with Crippen LogP contribution in [0.2, 0.25) is 5.02 Å². The van der Waals surface area contributed by atoms with E-state index in [1.165, 1.54) is 11.3 Å². The largest absolute Gasteiger partial charge is 0.438 e. The molecule has 0 fully saturated rings. The van der Waals surface area contributed by atoms with Crippen molar-refractivity contribution in [2.24, 2.45) is 4.99 Å². The molecule has 27 heavy (non-hydrogen) atoms. The second-order valence-corrected chi connectivity index (χ2v) is 7.78. The van der Waals surface area contributed by atoms with Gasteiger partial charge < -0.3 is 4.42 Å². The smallest absolute Gasteiger partial charge is 0.262 e. The van der Waals surface area contributed by atoms with Crippen molar-refractivity contribution in [1.82, 2.24) is 4.98 Å². The zero-order valence-corrected chi connectivity index (χ0v) is 16.8. The molecule has 2 heterocycles. The summed E-state index contributed by atoms with van der Waals surface area (Å²) in [5, 5.41) is 6.31. The number of halogens is 2. The molecule has 0 saturated heterocycles. The molecule has 2 aromatic carbocycles. The first kappa shape index (κ1) is 17.9. The number of amides is 1. The van der Waals surface area contributed by atoms with Crippen LogP contribution >= 0.6 is 38.9 Å². The van der Waals surface area contributed by atoms with Gasteiger partial charge in [0.05, 0.1) is 5.69 Å². The number of rotatable bonds is 3. The minimum Gasteiger partial charge on any atom is -0.438 e. The summed E-state index contributed by atoms with van der Waals surface area (Å²) in [6.45, 7) is 0. The number of benzene rings is 2. The number of nitrogens with zero attached hydrogens (tertiary/aromatic N) is 2. The molecule has 8 heteroatoms. The second-order valence-electron chi connectivity index (χ2n) is 5.53. The highest BCUT2D eigenvalue weighted by atomic mass is 79.9. The van der Waals surface area contributed by atoms with E-state index in [0.717, 1.165) is 4.47 Å². The van der Waals surface area contributed by atoms with Crippen LogP contribution in [0.25, 0.3) is 11.0 Å². The fourth-order valence-electron chi connectivity index (χ4n) is 2.46. The van der Waals surface area contributed by atoms with Gasteiger partial charge in [0.1, 0.15) is 11.1 Å². The Balaban J connectivity index is 1.89. The first-order valence-corrected chi connectivity index (χ1v) is 9.88. The first-order chi connectivity index (χ1) is 13.1. The van der Waals surface area contributed by atoms with E-state index in [2.05, 4.69) is 31.2 Å². The van der Waals surface area contributed by atoms with Gasteiger partial charge in [-0.2, -0.15) is 0 Å². The summed E-state index contributed by atoms with van der Waals surface area (Å²) in [5.74, 6) is -0.357. The molecule has 0 saturated carbocycles. The van der Waals surface area contributed by atoms with Crippen molar-refractivity contribution in [1.29, 1.82) is 0 Å². The maximum absolute atomic E-state index is 12.8. The lowest BCUT2D eigenvalue weighted by molar-refractivity contribution is 0.102. The number of aromatic nitrogens is 1. The summed E-state index contributed by atoms with van der Waals surface area (Å²) in [6, 6.07) is 14.4. The fourth-order valence-corrected chi connectivity index (χ4v) is 3.55. The van der Waals surface area contributed by atoms with Crippen LogP contribution in [-0.2, 0) is 0 Å². The highest BCUT2D eigenvalue weighted by Gasteiger charge is 2.14. The third kappa shape index (κ3) is 4.10. The van der Waals surface area contributed by atoms with Gasteiger partial charge in [-0.25, -0.2) is 9.98 Å². The number of fused-ring (bicyclic) bond motifs is 1. The standard InChI is InChI=1S/C19H11BrClN3O2S/c20-12-2-1-3-14(10-12)23-18-15(17(25)24-19-22-6-7-27-19)9-11-8-13(21)4-5-16(11)26-18/h1-10H,(H,22,24,25). The number of hydrogen-bond donors (Lipinski definition) is 1. The van der Waals surface area contributed by atoms with E-state index in [1.807, 2.05) is 24.3 Å². The molecule has 4 rings (SSSR count). The van der Waals surface area contributed by atoms with Crippen LogP contribution in [0.4, 0.5) is 10.8 Å². The summed E-state index contributed by atoms with van der Waals surface area (Å²) >= 11 is 10.8. The van der Waals surface area contributed by atoms with Gasteiger partial charge in [-0.15, -0.1) is 11.3 Å². The Morgan fingerprint density at radius 2 is 2.11 bits per heavy atom. The number of carbonyl (C=O) groups excluding carboxylic acids is 1. The fraction of sp³-hybridized carbons (Fsp3) is 0. The number of nitrogens with one attached hydrogen (secondary N) is 1. The Labute approximate surface area is 171 Å². The topological polar surface area (TPSA) is 67.5 Å². The highest BCUT2D eigenvalue weighted by Crippen LogP contribution is 2.22. The van der Waals surface area contributed by atoms with E-state index in [1.54, 1.807) is 35.8 Å². The number of hydrogen-bond acceptors (Lipinski definition) is 5. The maximum Gasteiger partial charge on any atom is 0.262 e. The Morgan fingerprint density at radius 3 is 2.89 bits per heavy atom. The van der Waals surface area contributed by atoms with Crippen molar-refractivity contribution in [2.45, 2.75) is 0 Å². The Kier molecular flexibility index (Phi) is 5.07. The van der Waals surface area contributed by atoms with Crippen LogP contribution in [0.1, 0.15) is 10.4 Å². The van der Waals surface area contributed by atoms with Crippen molar-refractivity contribution in [3.63, 3.8) is 0 Å². The lowest BCUT2D eigenvalue weighted by atomic mass is 10.1. The van der Waals surface area contributed by atoms with Gasteiger partial charge in [0, 0.05) is 26.5 Å². The zero-order chi connectivity index (χ0) is 18.8. The molecule has 134 valence electrons. The second kappa shape index (κ2) is 7.64. The van der Waals surface area contributed by atoms with Crippen molar-refractivity contribution >= 4 is 66.6 Å². The van der Waals surface area contributed by atoms with Gasteiger partial charge in [-0.05, 0) is 42.5 Å². The summed E-state index contributed by atoms with van der Waals surface area (Å²) in [5.41, 5.74) is 1.74. The van der Waals surface area contributed by atoms with Crippen molar-refractivity contribution in [3.8, 4) is 0 Å². The summed E-state index contributed by atoms with van der Waals surface area (Å²) in [7, 11) is 0. The minimum absolute atomic E-state index is 0.206. The highest BCUT2D eigenvalue weighted by molar-refractivity contribution is 9.10. The van der Waals surface area contributed by atoms with Crippen LogP contribution in [0.5, 0.6) is 0 Å². The number of anilines is 1. The molecular weight excluding hydrogens is 450 g/mol. The van der Waals surface area contributed by atoms with Crippen molar-refractivity contribution in [3.05, 3.63) is 80.7 Å². The first-order valence-electron chi connectivity index (χ1n) is 7.83. The van der Waals surface area contributed by atoms with Crippen molar-refractivity contribution < 1.29 is 9.21 Å². The van der Waals surface area contributed by atoms with Crippen LogP contribution < -0.4 is 10.9 Å². The van der Waals surface area contributed by atoms with Gasteiger partial charge in [0.2, 0.25) is 5.55 Å².